The van der Waals surface area contributed by atoms with Crippen LogP contribution >= 0.6 is 34.7 Å². The van der Waals surface area contributed by atoms with Crippen LogP contribution in [0.3, 0.4) is 0 Å². The first-order valence-electron chi connectivity index (χ1n) is 6.86. The molecule has 0 aliphatic carbocycles. The Kier molecular flexibility index (Phi) is 4.40. The number of halogens is 1. The second-order valence-electron chi connectivity index (χ2n) is 5.16. The number of hydrogen-bond acceptors (Lipinski definition) is 3. The summed E-state index contributed by atoms with van der Waals surface area (Å²) in [6.45, 7) is 0.869. The highest BCUT2D eigenvalue weighted by Crippen LogP contribution is 2.33. The SMILES string of the molecule is O=C(c1cc2c(s1)CCSC2)N1CCCCC1CCl. The smallest absolute Gasteiger partial charge is 0.264 e. The van der Waals surface area contributed by atoms with E-state index in [0.29, 0.717) is 5.88 Å². The number of hydrogen-bond donors (Lipinski definition) is 0. The molecule has 1 aromatic rings. The lowest BCUT2D eigenvalue weighted by molar-refractivity contribution is 0.0644. The molecule has 0 saturated carbocycles. The van der Waals surface area contributed by atoms with Gasteiger partial charge in [-0.3, -0.25) is 4.79 Å². The minimum absolute atomic E-state index is 0.203. The number of alkyl halides is 1. The van der Waals surface area contributed by atoms with Gasteiger partial charge >= 0.3 is 0 Å². The van der Waals surface area contributed by atoms with Crippen molar-refractivity contribution in [1.82, 2.24) is 4.90 Å². The van der Waals surface area contributed by atoms with Crippen LogP contribution in [0.2, 0.25) is 0 Å². The van der Waals surface area contributed by atoms with Gasteiger partial charge in [0.15, 0.2) is 0 Å². The summed E-state index contributed by atoms with van der Waals surface area (Å²) < 4.78 is 0. The van der Waals surface area contributed by atoms with Crippen LogP contribution in [-0.4, -0.2) is 35.0 Å². The Hall–Kier alpha value is -0.190. The zero-order chi connectivity index (χ0) is 13.2. The minimum atomic E-state index is 0.203. The summed E-state index contributed by atoms with van der Waals surface area (Å²) in [4.78, 5) is 17.0. The van der Waals surface area contributed by atoms with E-state index in [1.54, 1.807) is 11.3 Å². The van der Waals surface area contributed by atoms with Gasteiger partial charge in [0.2, 0.25) is 0 Å². The predicted octanol–water partition coefficient (Wildman–Crippen LogP) is 3.77. The molecule has 0 N–H and O–H groups in total. The van der Waals surface area contributed by atoms with Gasteiger partial charge in [-0.15, -0.1) is 22.9 Å². The Bertz CT molecular complexity index is 451. The van der Waals surface area contributed by atoms with Crippen molar-refractivity contribution in [2.45, 2.75) is 37.5 Å². The van der Waals surface area contributed by atoms with Gasteiger partial charge in [0.1, 0.15) is 0 Å². The molecule has 3 heterocycles. The fourth-order valence-corrected chi connectivity index (χ4v) is 5.47. The number of carbonyl (C=O) groups is 1. The molecular formula is C14H18ClNOS2. The third-order valence-corrected chi connectivity index (χ3v) is 6.49. The zero-order valence-electron chi connectivity index (χ0n) is 10.9. The molecule has 0 aromatic carbocycles. The number of rotatable bonds is 2. The fourth-order valence-electron chi connectivity index (χ4n) is 2.82. The monoisotopic (exact) mass is 315 g/mol. The average Bonchev–Trinajstić information content (AvgIpc) is 2.90. The molecule has 104 valence electrons. The summed E-state index contributed by atoms with van der Waals surface area (Å²) in [6.07, 6.45) is 4.48. The van der Waals surface area contributed by atoms with Gasteiger partial charge in [-0.05, 0) is 43.1 Å². The van der Waals surface area contributed by atoms with Crippen LogP contribution in [0.25, 0.3) is 0 Å². The molecule has 1 atom stereocenters. The maximum Gasteiger partial charge on any atom is 0.264 e. The van der Waals surface area contributed by atoms with Crippen LogP contribution in [0.5, 0.6) is 0 Å². The first-order valence-corrected chi connectivity index (χ1v) is 9.36. The summed E-state index contributed by atoms with van der Waals surface area (Å²) in [7, 11) is 0. The quantitative estimate of drug-likeness (QED) is 0.774. The lowest BCUT2D eigenvalue weighted by Crippen LogP contribution is -2.44. The third kappa shape index (κ3) is 2.81. The van der Waals surface area contributed by atoms with Crippen molar-refractivity contribution < 1.29 is 4.79 Å². The molecule has 1 fully saturated rings. The number of aryl methyl sites for hydroxylation is 1. The molecule has 5 heteroatoms. The van der Waals surface area contributed by atoms with Gasteiger partial charge in [0.25, 0.3) is 5.91 Å². The number of fused-ring (bicyclic) bond motifs is 1. The second-order valence-corrected chi connectivity index (χ2v) is 7.71. The Labute approximate surface area is 127 Å². The van der Waals surface area contributed by atoms with Gasteiger partial charge in [0, 0.05) is 29.1 Å². The molecule has 19 heavy (non-hydrogen) atoms. The molecule has 3 rings (SSSR count). The molecule has 1 saturated heterocycles. The third-order valence-electron chi connectivity index (χ3n) is 3.90. The van der Waals surface area contributed by atoms with E-state index in [-0.39, 0.29) is 11.9 Å². The molecule has 1 amide bonds. The number of nitrogens with zero attached hydrogens (tertiary/aromatic N) is 1. The van der Waals surface area contributed by atoms with Crippen LogP contribution in [0, 0.1) is 0 Å². The highest BCUT2D eigenvalue weighted by Gasteiger charge is 2.28. The van der Waals surface area contributed by atoms with Crippen LogP contribution < -0.4 is 0 Å². The van der Waals surface area contributed by atoms with Crippen LogP contribution in [0.4, 0.5) is 0 Å². The van der Waals surface area contributed by atoms with Gasteiger partial charge in [0.05, 0.1) is 4.88 Å². The molecule has 2 nitrogen and oxygen atoms in total. The molecule has 0 spiro atoms. The number of thioether (sulfide) groups is 1. The number of amides is 1. The van der Waals surface area contributed by atoms with E-state index in [4.69, 9.17) is 11.6 Å². The largest absolute Gasteiger partial charge is 0.334 e. The van der Waals surface area contributed by atoms with Crippen LogP contribution in [0.1, 0.15) is 39.4 Å². The van der Waals surface area contributed by atoms with E-state index >= 15 is 0 Å². The summed E-state index contributed by atoms with van der Waals surface area (Å²) >= 11 is 9.68. The van der Waals surface area contributed by atoms with Gasteiger partial charge < -0.3 is 4.90 Å². The number of piperidine rings is 1. The number of likely N-dealkylation sites (tertiary alicyclic amines) is 1. The van der Waals surface area contributed by atoms with Crippen molar-refractivity contribution in [2.24, 2.45) is 0 Å². The minimum Gasteiger partial charge on any atom is -0.334 e. The van der Waals surface area contributed by atoms with E-state index < -0.39 is 0 Å². The van der Waals surface area contributed by atoms with Gasteiger partial charge in [-0.2, -0.15) is 11.8 Å². The zero-order valence-corrected chi connectivity index (χ0v) is 13.3. The first-order chi connectivity index (χ1) is 9.29. The van der Waals surface area contributed by atoms with E-state index in [1.165, 1.54) is 22.6 Å². The number of thiophene rings is 1. The molecular weight excluding hydrogens is 298 g/mol. The number of carbonyl (C=O) groups excluding carboxylic acids is 1. The Morgan fingerprint density at radius 3 is 3.16 bits per heavy atom. The molecule has 0 radical (unpaired) electrons. The van der Waals surface area contributed by atoms with E-state index in [2.05, 4.69) is 6.07 Å². The highest BCUT2D eigenvalue weighted by atomic mass is 35.5. The second kappa shape index (κ2) is 6.06. The molecule has 1 unspecified atom stereocenters. The van der Waals surface area contributed by atoms with Gasteiger partial charge in [-0.1, -0.05) is 0 Å². The van der Waals surface area contributed by atoms with Gasteiger partial charge in [-0.25, -0.2) is 0 Å². The topological polar surface area (TPSA) is 20.3 Å². The maximum atomic E-state index is 12.7. The van der Waals surface area contributed by atoms with Crippen molar-refractivity contribution in [2.75, 3.05) is 18.2 Å². The summed E-state index contributed by atoms with van der Waals surface area (Å²) in [5.41, 5.74) is 1.38. The first kappa shape index (κ1) is 13.8. The highest BCUT2D eigenvalue weighted by molar-refractivity contribution is 7.98. The summed E-state index contributed by atoms with van der Waals surface area (Å²) in [5.74, 6) is 3.02. The summed E-state index contributed by atoms with van der Waals surface area (Å²) in [6, 6.07) is 2.35. The Balaban J connectivity index is 1.80. The van der Waals surface area contributed by atoms with Crippen molar-refractivity contribution in [3.05, 3.63) is 21.4 Å². The van der Waals surface area contributed by atoms with E-state index in [9.17, 15) is 4.79 Å². The van der Waals surface area contributed by atoms with E-state index in [1.807, 2.05) is 16.7 Å². The average molecular weight is 316 g/mol. The standard InChI is InChI=1S/C14H18ClNOS2/c15-8-11-3-1-2-5-16(11)14(17)13-7-10-9-18-6-4-12(10)19-13/h7,11H,1-6,8-9H2. The molecule has 2 aliphatic rings. The molecule has 1 aromatic heterocycles. The van der Waals surface area contributed by atoms with E-state index in [0.717, 1.165) is 36.4 Å². The lowest BCUT2D eigenvalue weighted by atomic mass is 10.0. The van der Waals surface area contributed by atoms with Crippen molar-refractivity contribution in [3.8, 4) is 0 Å². The van der Waals surface area contributed by atoms with Crippen molar-refractivity contribution in [1.29, 1.82) is 0 Å². The Morgan fingerprint density at radius 1 is 1.47 bits per heavy atom. The summed E-state index contributed by atoms with van der Waals surface area (Å²) in [5, 5.41) is 0. The van der Waals surface area contributed by atoms with Crippen molar-refractivity contribution in [3.63, 3.8) is 0 Å². The van der Waals surface area contributed by atoms with Crippen LogP contribution in [0.15, 0.2) is 6.07 Å². The predicted molar refractivity (Wildman–Crippen MR) is 83.6 cm³/mol. The maximum absolute atomic E-state index is 12.7. The fraction of sp³-hybridized carbons (Fsp3) is 0.643. The molecule has 0 bridgehead atoms. The Morgan fingerprint density at radius 2 is 2.37 bits per heavy atom. The molecule has 2 aliphatic heterocycles. The lowest BCUT2D eigenvalue weighted by Gasteiger charge is -2.34. The van der Waals surface area contributed by atoms with Crippen molar-refractivity contribution >= 4 is 40.6 Å². The normalized spacial score (nSPS) is 23.2. The van der Waals surface area contributed by atoms with Crippen LogP contribution in [-0.2, 0) is 12.2 Å².